The molecule has 0 fully saturated rings. The SMILES string of the molecule is CC(C)(C)c1cc(-c2ccccc2N2c3ccc(-c4cccc5sc6ccccc6c45)cc3B3c4ccc(-n5c6cc(C(C)(C)C)ccc6c6ccc(C(C)(C)C)cc65)cc4N(c4ccccc4-c4cc(C(C)(C)C)cc(C(C)(C)C)c4)c4cc(-n5c6ccc(C(C)(C)C)cc6c6cc(C(C)(C)C)ccc65)cc2c43)cc(C(C)(C)C)c1. The third-order valence-electron chi connectivity index (χ3n) is 25.5. The second-order valence-corrected chi connectivity index (χ2v) is 43.1. The van der Waals surface area contributed by atoms with Gasteiger partial charge in [-0.1, -0.05) is 324 Å². The number of rotatable bonds is 7. The number of aromatic nitrogens is 2. The Morgan fingerprint density at radius 2 is 0.638 bits per heavy atom. The van der Waals surface area contributed by atoms with E-state index in [2.05, 4.69) is 434 Å². The summed E-state index contributed by atoms with van der Waals surface area (Å²) in [5, 5.41) is 7.60. The Labute approximate surface area is 694 Å². The highest BCUT2D eigenvalue weighted by molar-refractivity contribution is 7.26. The number of fused-ring (bicyclic) bond motifs is 13. The first-order chi connectivity index (χ1) is 54.6. The summed E-state index contributed by atoms with van der Waals surface area (Å²) in [6, 6.07) is 99.3. The molecular weight excluding hydrogens is 1420 g/mol. The van der Waals surface area contributed by atoms with Crippen molar-refractivity contribution in [2.45, 2.75) is 209 Å². The predicted molar refractivity (Wildman–Crippen MR) is 508 cm³/mol. The molecule has 0 unspecified atom stereocenters. The lowest BCUT2D eigenvalue weighted by atomic mass is 9.33. The van der Waals surface area contributed by atoms with E-state index >= 15 is 0 Å². The van der Waals surface area contributed by atoms with E-state index in [0.717, 1.165) is 45.5 Å². The van der Waals surface area contributed by atoms with Crippen molar-refractivity contribution < 1.29 is 0 Å². The number of benzene rings is 13. The predicted octanol–water partition coefficient (Wildman–Crippen LogP) is 29.7. The zero-order valence-electron chi connectivity index (χ0n) is 72.9. The molecule has 0 spiro atoms. The lowest BCUT2D eigenvalue weighted by Gasteiger charge is -2.45. The van der Waals surface area contributed by atoms with Crippen molar-refractivity contribution in [3.8, 4) is 44.8 Å². The van der Waals surface area contributed by atoms with Gasteiger partial charge < -0.3 is 18.9 Å². The number of nitrogens with zero attached hydrogens (tertiary/aromatic N) is 4. The van der Waals surface area contributed by atoms with Gasteiger partial charge in [-0.25, -0.2) is 0 Å². The maximum atomic E-state index is 2.74. The molecule has 582 valence electrons. The Kier molecular flexibility index (Phi) is 17.5. The van der Waals surface area contributed by atoms with Crippen molar-refractivity contribution in [1.82, 2.24) is 9.13 Å². The molecule has 2 aliphatic rings. The van der Waals surface area contributed by atoms with E-state index < -0.39 is 0 Å². The van der Waals surface area contributed by atoms with Crippen LogP contribution in [0.25, 0.3) is 109 Å². The Hall–Kier alpha value is -10.7. The van der Waals surface area contributed by atoms with Gasteiger partial charge in [0.2, 0.25) is 0 Å². The van der Waals surface area contributed by atoms with E-state index in [-0.39, 0.29) is 50.0 Å². The van der Waals surface area contributed by atoms with Gasteiger partial charge in [0.1, 0.15) is 0 Å². The molecule has 3 aromatic heterocycles. The highest BCUT2D eigenvalue weighted by Crippen LogP contribution is 2.54. The highest BCUT2D eigenvalue weighted by atomic mass is 32.1. The summed E-state index contributed by atoms with van der Waals surface area (Å²) in [5.74, 6) is 0. The molecule has 13 aromatic carbocycles. The van der Waals surface area contributed by atoms with Gasteiger partial charge in [0.05, 0.1) is 39.1 Å². The molecule has 16 aromatic rings. The fourth-order valence-electron chi connectivity index (χ4n) is 18.5. The number of para-hydroxylation sites is 2. The molecule has 0 aliphatic carbocycles. The monoisotopic (exact) mass is 1530 g/mol. The molecule has 116 heavy (non-hydrogen) atoms. The number of hydrogen-bond acceptors (Lipinski definition) is 3. The zero-order chi connectivity index (χ0) is 81.9. The third kappa shape index (κ3) is 12.8. The van der Waals surface area contributed by atoms with Gasteiger partial charge in [0.25, 0.3) is 6.71 Å². The van der Waals surface area contributed by atoms with Crippen molar-refractivity contribution in [2.24, 2.45) is 0 Å². The second kappa shape index (κ2) is 26.4. The maximum absolute atomic E-state index is 2.74. The van der Waals surface area contributed by atoms with Crippen molar-refractivity contribution in [3.05, 3.63) is 293 Å². The number of thiophene rings is 1. The lowest BCUT2D eigenvalue weighted by Crippen LogP contribution is -2.61. The van der Waals surface area contributed by atoms with E-state index in [9.17, 15) is 0 Å². The summed E-state index contributed by atoms with van der Waals surface area (Å²) < 4.78 is 7.84. The van der Waals surface area contributed by atoms with Gasteiger partial charge in [-0.15, -0.1) is 11.3 Å². The molecule has 0 saturated carbocycles. The summed E-state index contributed by atoms with van der Waals surface area (Å²) in [6.45, 7) is 56.4. The van der Waals surface area contributed by atoms with E-state index in [1.54, 1.807) is 0 Å². The molecule has 0 saturated heterocycles. The van der Waals surface area contributed by atoms with Crippen LogP contribution >= 0.6 is 11.3 Å². The summed E-state index contributed by atoms with van der Waals surface area (Å²) in [7, 11) is 0. The smallest absolute Gasteiger partial charge is 0.252 e. The highest BCUT2D eigenvalue weighted by Gasteiger charge is 2.46. The fraction of sp³-hybridized carbons (Fsp3) is 0.291. The zero-order valence-corrected chi connectivity index (χ0v) is 73.8. The summed E-state index contributed by atoms with van der Waals surface area (Å²) in [4.78, 5) is 5.45. The fourth-order valence-corrected chi connectivity index (χ4v) is 19.7. The number of hydrogen-bond donors (Lipinski definition) is 0. The van der Waals surface area contributed by atoms with Crippen molar-refractivity contribution in [2.75, 3.05) is 9.80 Å². The summed E-state index contributed by atoms with van der Waals surface area (Å²) in [6.07, 6.45) is 0. The molecule has 0 radical (unpaired) electrons. The molecule has 5 heterocycles. The van der Waals surface area contributed by atoms with Crippen molar-refractivity contribution in [3.63, 3.8) is 0 Å². The molecule has 0 amide bonds. The minimum Gasteiger partial charge on any atom is -0.311 e. The van der Waals surface area contributed by atoms with Crippen LogP contribution in [0.2, 0.25) is 0 Å². The maximum Gasteiger partial charge on any atom is 0.252 e. The van der Waals surface area contributed by atoms with Crippen molar-refractivity contribution in [1.29, 1.82) is 0 Å². The summed E-state index contributed by atoms with van der Waals surface area (Å²) in [5.41, 5.74) is 34.3. The Balaban J connectivity index is 1.04. The minimum absolute atomic E-state index is 0.0936. The van der Waals surface area contributed by atoms with Crippen LogP contribution in [0.4, 0.5) is 34.1 Å². The van der Waals surface area contributed by atoms with Crippen LogP contribution in [0.1, 0.15) is 211 Å². The number of anilines is 6. The first-order valence-corrected chi connectivity index (χ1v) is 43.0. The molecule has 4 nitrogen and oxygen atoms in total. The average molecular weight is 1530 g/mol. The van der Waals surface area contributed by atoms with E-state index in [0.29, 0.717) is 0 Å². The Bertz CT molecular complexity index is 6530. The Morgan fingerprint density at radius 1 is 0.233 bits per heavy atom. The van der Waals surface area contributed by atoms with Gasteiger partial charge in [-0.3, -0.25) is 0 Å². The lowest BCUT2D eigenvalue weighted by molar-refractivity contribution is 0.568. The van der Waals surface area contributed by atoms with E-state index in [4.69, 9.17) is 0 Å². The van der Waals surface area contributed by atoms with Crippen molar-refractivity contribution >= 4 is 132 Å². The molecule has 0 atom stereocenters. The van der Waals surface area contributed by atoms with Gasteiger partial charge in [0, 0.05) is 81.3 Å². The molecular formula is C110H113BN4S. The normalized spacial score (nSPS) is 13.8. The minimum atomic E-state index is -0.272. The van der Waals surface area contributed by atoms with Crippen LogP contribution in [0.5, 0.6) is 0 Å². The molecule has 2 aliphatic heterocycles. The second-order valence-electron chi connectivity index (χ2n) is 42.0. The first-order valence-electron chi connectivity index (χ1n) is 42.2. The molecule has 0 bridgehead atoms. The van der Waals surface area contributed by atoms with Gasteiger partial charge in [0.15, 0.2) is 0 Å². The third-order valence-corrected chi connectivity index (χ3v) is 26.6. The van der Waals surface area contributed by atoms with Gasteiger partial charge in [-0.05, 0) is 217 Å². The van der Waals surface area contributed by atoms with Crippen LogP contribution < -0.4 is 26.2 Å². The van der Waals surface area contributed by atoms with Gasteiger partial charge in [-0.2, -0.15) is 0 Å². The van der Waals surface area contributed by atoms with Crippen LogP contribution in [-0.2, 0) is 43.3 Å². The molecule has 6 heteroatoms. The summed E-state index contributed by atoms with van der Waals surface area (Å²) >= 11 is 1.89. The standard InChI is InChI=1S/C110H113BN4S/c1-103(2,3)69-43-50-91-85(59-69)86-60-70(104(4,5)6)44-51-92(86)113(91)78-64-97-102-98(65-78)115(90-37-29-26-33-80(90)68-54-75(109(19,20)21)58-76(55-68)110(22,23)24)96-63-77(112-94-61-71(105(7,8)9)41-46-82(94)83-47-42-72(62-95(83)112)106(10,11)12)45-48-87(96)111(102)88-56-66(81-35-31-39-100-101(81)84-34-27-30-38-99(84)116-100)40-49-93(88)114(97)89-36-28-25-32-79(89)67-52-73(107(13,14)15)57-74(53-67)108(16,17)18/h25-65H,1-24H3. The topological polar surface area (TPSA) is 16.3 Å². The van der Waals surface area contributed by atoms with Crippen LogP contribution in [-0.4, -0.2) is 15.8 Å². The van der Waals surface area contributed by atoms with E-state index in [1.165, 1.54) is 158 Å². The largest absolute Gasteiger partial charge is 0.311 e. The quantitative estimate of drug-likeness (QED) is 0.148. The molecule has 18 rings (SSSR count). The van der Waals surface area contributed by atoms with Crippen LogP contribution in [0.3, 0.4) is 0 Å². The molecule has 0 N–H and O–H groups in total. The van der Waals surface area contributed by atoms with E-state index in [1.807, 2.05) is 11.3 Å². The van der Waals surface area contributed by atoms with Crippen LogP contribution in [0, 0.1) is 0 Å². The average Bonchev–Trinajstić information content (AvgIpc) is 0.817. The van der Waals surface area contributed by atoms with Gasteiger partial charge >= 0.3 is 0 Å². The van der Waals surface area contributed by atoms with Crippen LogP contribution in [0.15, 0.2) is 249 Å². The Morgan fingerprint density at radius 3 is 1.12 bits per heavy atom. The first kappa shape index (κ1) is 76.6.